The molecule has 8 heteroatoms. The van der Waals surface area contributed by atoms with Crippen molar-refractivity contribution in [1.29, 1.82) is 0 Å². The molecule has 0 atom stereocenters. The molecule has 0 aliphatic carbocycles. The molecule has 2 aromatic heterocycles. The van der Waals surface area contributed by atoms with Crippen molar-refractivity contribution >= 4 is 11.7 Å². The minimum absolute atomic E-state index is 0.276. The Morgan fingerprint density at radius 2 is 2.07 bits per heavy atom. The summed E-state index contributed by atoms with van der Waals surface area (Å²) in [4.78, 5) is 8.93. The topological polar surface area (TPSA) is 73.6 Å². The standard InChI is InChI=1S/C19H22FN5O2/c1-12-9-17(13-5-7-27-8-6-13)25-19(22-12)23-18(24-25)21-11-14-3-4-15(26-2)10-16(14)20/h3-4,9-10,13H,5-8,11H2,1-2H3,(H,21,24). The molecule has 0 amide bonds. The SMILES string of the molecule is COc1ccc(CNc2nc3nc(C)cc(C4CCOCC4)n3n2)c(F)c1. The van der Waals surface area contributed by atoms with E-state index in [1.54, 1.807) is 16.6 Å². The summed E-state index contributed by atoms with van der Waals surface area (Å²) < 4.78 is 26.4. The summed E-state index contributed by atoms with van der Waals surface area (Å²) in [5.74, 6) is 1.51. The summed E-state index contributed by atoms with van der Waals surface area (Å²) in [6, 6.07) is 6.84. The second-order valence-corrected chi connectivity index (χ2v) is 6.67. The number of nitrogens with one attached hydrogen (secondary N) is 1. The van der Waals surface area contributed by atoms with E-state index in [9.17, 15) is 4.39 Å². The van der Waals surface area contributed by atoms with Crippen molar-refractivity contribution in [2.45, 2.75) is 32.2 Å². The quantitative estimate of drug-likeness (QED) is 0.743. The third-order valence-corrected chi connectivity index (χ3v) is 4.80. The van der Waals surface area contributed by atoms with Gasteiger partial charge in [-0.2, -0.15) is 9.50 Å². The minimum Gasteiger partial charge on any atom is -0.497 e. The van der Waals surface area contributed by atoms with E-state index in [0.717, 1.165) is 37.4 Å². The zero-order valence-electron chi connectivity index (χ0n) is 15.4. The van der Waals surface area contributed by atoms with Gasteiger partial charge in [0.15, 0.2) is 0 Å². The molecular weight excluding hydrogens is 349 g/mol. The van der Waals surface area contributed by atoms with E-state index in [-0.39, 0.29) is 12.4 Å². The van der Waals surface area contributed by atoms with E-state index >= 15 is 0 Å². The summed E-state index contributed by atoms with van der Waals surface area (Å²) >= 11 is 0. The van der Waals surface area contributed by atoms with Crippen molar-refractivity contribution in [3.8, 4) is 5.75 Å². The Balaban J connectivity index is 1.58. The molecule has 1 N–H and O–H groups in total. The molecule has 3 aromatic rings. The minimum atomic E-state index is -0.331. The number of methoxy groups -OCH3 is 1. The largest absolute Gasteiger partial charge is 0.497 e. The number of aromatic nitrogens is 4. The molecule has 1 fully saturated rings. The maximum atomic E-state index is 14.1. The molecule has 0 unspecified atom stereocenters. The van der Waals surface area contributed by atoms with Gasteiger partial charge in [-0.1, -0.05) is 6.07 Å². The number of ether oxygens (including phenoxy) is 2. The monoisotopic (exact) mass is 371 g/mol. The van der Waals surface area contributed by atoms with Crippen LogP contribution in [0.1, 0.15) is 35.7 Å². The Hall–Kier alpha value is -2.74. The molecular formula is C19H22FN5O2. The molecule has 4 rings (SSSR count). The lowest BCUT2D eigenvalue weighted by Gasteiger charge is -2.22. The molecule has 1 saturated heterocycles. The van der Waals surface area contributed by atoms with Gasteiger partial charge in [0.25, 0.3) is 5.78 Å². The van der Waals surface area contributed by atoms with E-state index in [1.807, 2.05) is 6.92 Å². The molecule has 0 saturated carbocycles. The molecule has 1 aliphatic heterocycles. The third kappa shape index (κ3) is 3.71. The van der Waals surface area contributed by atoms with Gasteiger partial charge in [0.05, 0.1) is 12.8 Å². The van der Waals surface area contributed by atoms with Crippen molar-refractivity contribution < 1.29 is 13.9 Å². The number of nitrogens with zero attached hydrogens (tertiary/aromatic N) is 4. The number of hydrogen-bond acceptors (Lipinski definition) is 6. The lowest BCUT2D eigenvalue weighted by molar-refractivity contribution is 0.0840. The highest BCUT2D eigenvalue weighted by Gasteiger charge is 2.21. The molecule has 27 heavy (non-hydrogen) atoms. The molecule has 0 radical (unpaired) electrons. The van der Waals surface area contributed by atoms with Gasteiger partial charge < -0.3 is 14.8 Å². The molecule has 0 spiro atoms. The molecule has 0 bridgehead atoms. The van der Waals surface area contributed by atoms with Gasteiger partial charge in [-0.3, -0.25) is 0 Å². The zero-order chi connectivity index (χ0) is 18.8. The molecule has 1 aromatic carbocycles. The summed E-state index contributed by atoms with van der Waals surface area (Å²) in [7, 11) is 1.51. The van der Waals surface area contributed by atoms with Gasteiger partial charge in [-0.15, -0.1) is 5.10 Å². The fourth-order valence-electron chi connectivity index (χ4n) is 3.35. The third-order valence-electron chi connectivity index (χ3n) is 4.80. The van der Waals surface area contributed by atoms with Gasteiger partial charge in [-0.25, -0.2) is 9.37 Å². The van der Waals surface area contributed by atoms with E-state index in [0.29, 0.717) is 29.0 Å². The van der Waals surface area contributed by atoms with Crippen LogP contribution in [0.5, 0.6) is 5.75 Å². The number of hydrogen-bond donors (Lipinski definition) is 1. The second kappa shape index (κ2) is 7.48. The van der Waals surface area contributed by atoms with Crippen molar-refractivity contribution in [2.75, 3.05) is 25.6 Å². The number of aryl methyl sites for hydroxylation is 1. The second-order valence-electron chi connectivity index (χ2n) is 6.67. The van der Waals surface area contributed by atoms with Crippen LogP contribution in [0.4, 0.5) is 10.3 Å². The Bertz CT molecular complexity index is 953. The van der Waals surface area contributed by atoms with Crippen molar-refractivity contribution in [2.24, 2.45) is 0 Å². The summed E-state index contributed by atoms with van der Waals surface area (Å²) in [6.45, 7) is 3.74. The van der Waals surface area contributed by atoms with E-state index in [2.05, 4.69) is 26.4 Å². The van der Waals surface area contributed by atoms with Crippen LogP contribution < -0.4 is 10.1 Å². The van der Waals surface area contributed by atoms with E-state index in [4.69, 9.17) is 9.47 Å². The first-order valence-electron chi connectivity index (χ1n) is 9.02. The zero-order valence-corrected chi connectivity index (χ0v) is 15.4. The maximum Gasteiger partial charge on any atom is 0.254 e. The van der Waals surface area contributed by atoms with Gasteiger partial charge in [0, 0.05) is 43.0 Å². The Labute approximate surface area is 156 Å². The maximum absolute atomic E-state index is 14.1. The summed E-state index contributed by atoms with van der Waals surface area (Å²) in [5, 5.41) is 7.64. The first-order chi connectivity index (χ1) is 13.1. The van der Waals surface area contributed by atoms with Crippen LogP contribution in [0.3, 0.4) is 0 Å². The van der Waals surface area contributed by atoms with Gasteiger partial charge >= 0.3 is 0 Å². The van der Waals surface area contributed by atoms with Crippen molar-refractivity contribution in [3.63, 3.8) is 0 Å². The number of anilines is 1. The fraction of sp³-hybridized carbons (Fsp3) is 0.421. The number of halogens is 1. The van der Waals surface area contributed by atoms with Crippen LogP contribution in [0.15, 0.2) is 24.3 Å². The fourth-order valence-corrected chi connectivity index (χ4v) is 3.35. The lowest BCUT2D eigenvalue weighted by atomic mass is 9.96. The van der Waals surface area contributed by atoms with E-state index in [1.165, 1.54) is 13.2 Å². The van der Waals surface area contributed by atoms with E-state index < -0.39 is 0 Å². The van der Waals surface area contributed by atoms with Crippen LogP contribution in [-0.2, 0) is 11.3 Å². The molecule has 7 nitrogen and oxygen atoms in total. The average Bonchev–Trinajstić information content (AvgIpc) is 3.09. The Morgan fingerprint density at radius 3 is 2.81 bits per heavy atom. The predicted molar refractivity (Wildman–Crippen MR) is 98.6 cm³/mol. The number of benzene rings is 1. The van der Waals surface area contributed by atoms with Crippen LogP contribution in [-0.4, -0.2) is 39.9 Å². The van der Waals surface area contributed by atoms with Gasteiger partial charge in [0.1, 0.15) is 11.6 Å². The lowest BCUT2D eigenvalue weighted by Crippen LogP contribution is -2.17. The highest BCUT2D eigenvalue weighted by atomic mass is 19.1. The first-order valence-corrected chi connectivity index (χ1v) is 9.02. The Kier molecular flexibility index (Phi) is 4.89. The molecule has 3 heterocycles. The number of rotatable bonds is 5. The van der Waals surface area contributed by atoms with Crippen molar-refractivity contribution in [3.05, 3.63) is 47.0 Å². The normalized spacial score (nSPS) is 15.2. The number of fused-ring (bicyclic) bond motifs is 1. The van der Waals surface area contributed by atoms with Crippen molar-refractivity contribution in [1.82, 2.24) is 19.6 Å². The molecule has 1 aliphatic rings. The predicted octanol–water partition coefficient (Wildman–Crippen LogP) is 3.09. The van der Waals surface area contributed by atoms with Gasteiger partial charge in [0.2, 0.25) is 5.95 Å². The first kappa shape index (κ1) is 17.7. The van der Waals surface area contributed by atoms with Gasteiger partial charge in [-0.05, 0) is 31.9 Å². The summed E-state index contributed by atoms with van der Waals surface area (Å²) in [6.07, 6.45) is 1.91. The van der Waals surface area contributed by atoms with Crippen LogP contribution >= 0.6 is 0 Å². The Morgan fingerprint density at radius 1 is 1.26 bits per heavy atom. The van der Waals surface area contributed by atoms with Crippen LogP contribution in [0, 0.1) is 12.7 Å². The summed E-state index contributed by atoms with van der Waals surface area (Å²) in [5.41, 5.74) is 2.52. The average molecular weight is 371 g/mol. The van der Waals surface area contributed by atoms with Crippen LogP contribution in [0.25, 0.3) is 5.78 Å². The molecule has 142 valence electrons. The highest BCUT2D eigenvalue weighted by molar-refractivity contribution is 5.41. The highest BCUT2D eigenvalue weighted by Crippen LogP contribution is 2.27. The van der Waals surface area contributed by atoms with Crippen LogP contribution in [0.2, 0.25) is 0 Å². The smallest absolute Gasteiger partial charge is 0.254 e.